The van der Waals surface area contributed by atoms with Crippen LogP contribution in [0.1, 0.15) is 22.7 Å². The minimum absolute atomic E-state index is 0.238. The van der Waals surface area contributed by atoms with Gasteiger partial charge < -0.3 is 4.74 Å². The molecule has 3 nitrogen and oxygen atoms in total. The van der Waals surface area contributed by atoms with Crippen molar-refractivity contribution in [2.45, 2.75) is 13.0 Å². The van der Waals surface area contributed by atoms with Crippen molar-refractivity contribution in [3.05, 3.63) is 63.9 Å². The number of nitrogens with two attached hydrogens (primary N) is 1. The van der Waals surface area contributed by atoms with Gasteiger partial charge in [0.05, 0.1) is 18.2 Å². The van der Waals surface area contributed by atoms with Crippen LogP contribution in [0.3, 0.4) is 0 Å². The molecule has 0 spiro atoms. The van der Waals surface area contributed by atoms with Crippen LogP contribution in [0.2, 0.25) is 5.02 Å². The number of hydrogen-bond donors (Lipinski definition) is 2. The first kappa shape index (κ1) is 14.8. The number of rotatable bonds is 4. The normalized spacial score (nSPS) is 12.2. The van der Waals surface area contributed by atoms with Crippen molar-refractivity contribution in [2.24, 2.45) is 5.84 Å². The Labute approximate surface area is 122 Å². The lowest BCUT2D eigenvalue weighted by Gasteiger charge is -2.18. The molecule has 0 radical (unpaired) electrons. The van der Waals surface area contributed by atoms with Crippen molar-refractivity contribution in [1.29, 1.82) is 0 Å². The summed E-state index contributed by atoms with van der Waals surface area (Å²) in [7, 11) is 1.55. The fourth-order valence-electron chi connectivity index (χ4n) is 2.09. The highest BCUT2D eigenvalue weighted by molar-refractivity contribution is 6.32. The number of methoxy groups -OCH3 is 1. The Bertz CT molecular complexity index is 619. The molecule has 3 N–H and O–H groups in total. The van der Waals surface area contributed by atoms with E-state index in [0.29, 0.717) is 16.3 Å². The summed E-state index contributed by atoms with van der Waals surface area (Å²) in [6.45, 7) is 1.72. The maximum atomic E-state index is 13.4. The third-order valence-electron chi connectivity index (χ3n) is 3.19. The second-order valence-electron chi connectivity index (χ2n) is 4.50. The Morgan fingerprint density at radius 2 is 1.85 bits per heavy atom. The third-order valence-corrected chi connectivity index (χ3v) is 3.50. The van der Waals surface area contributed by atoms with Crippen LogP contribution >= 0.6 is 11.6 Å². The van der Waals surface area contributed by atoms with Gasteiger partial charge in [-0.25, -0.2) is 9.82 Å². The van der Waals surface area contributed by atoms with E-state index in [0.717, 1.165) is 11.1 Å². The molecule has 0 aliphatic carbocycles. The molecule has 0 aliphatic rings. The molecule has 0 bridgehead atoms. The fraction of sp³-hybridized carbons (Fsp3) is 0.200. The summed E-state index contributed by atoms with van der Waals surface area (Å²) >= 11 is 6.01. The highest BCUT2D eigenvalue weighted by atomic mass is 35.5. The Hall–Kier alpha value is -1.62. The lowest BCUT2D eigenvalue weighted by atomic mass is 9.97. The molecule has 5 heteroatoms. The predicted molar refractivity (Wildman–Crippen MR) is 78.3 cm³/mol. The molecule has 0 fully saturated rings. The highest BCUT2D eigenvalue weighted by Crippen LogP contribution is 2.30. The van der Waals surface area contributed by atoms with E-state index < -0.39 is 0 Å². The van der Waals surface area contributed by atoms with Crippen LogP contribution in [0.25, 0.3) is 0 Å². The number of nitrogens with one attached hydrogen (secondary N) is 1. The quantitative estimate of drug-likeness (QED) is 0.671. The zero-order valence-electron chi connectivity index (χ0n) is 11.3. The van der Waals surface area contributed by atoms with Crippen molar-refractivity contribution in [2.75, 3.05) is 7.11 Å². The number of aryl methyl sites for hydroxylation is 1. The Balaban J connectivity index is 2.43. The predicted octanol–water partition coefficient (Wildman–Crippen LogP) is 3.35. The maximum Gasteiger partial charge on any atom is 0.137 e. The van der Waals surface area contributed by atoms with Crippen LogP contribution in [0.15, 0.2) is 36.4 Å². The highest BCUT2D eigenvalue weighted by Gasteiger charge is 2.15. The molecule has 1 atom stereocenters. The second-order valence-corrected chi connectivity index (χ2v) is 4.91. The van der Waals surface area contributed by atoms with Crippen LogP contribution in [0.4, 0.5) is 4.39 Å². The van der Waals surface area contributed by atoms with Crippen LogP contribution < -0.4 is 16.0 Å². The summed E-state index contributed by atoms with van der Waals surface area (Å²) in [5, 5.41) is 0.530. The standard InChI is InChI=1S/C15H16ClFN2O/c1-9-7-10(4-6-13(9)17)15(19-18)11-3-5-12(16)14(8-11)20-2/h3-8,15,19H,18H2,1-2H3. The lowest BCUT2D eigenvalue weighted by Crippen LogP contribution is -2.29. The van der Waals surface area contributed by atoms with Gasteiger partial charge in [-0.05, 0) is 41.8 Å². The van der Waals surface area contributed by atoms with Crippen molar-refractivity contribution in [1.82, 2.24) is 5.43 Å². The van der Waals surface area contributed by atoms with Crippen LogP contribution in [-0.4, -0.2) is 7.11 Å². The van der Waals surface area contributed by atoms with Crippen LogP contribution in [-0.2, 0) is 0 Å². The van der Waals surface area contributed by atoms with Gasteiger partial charge in [-0.3, -0.25) is 5.84 Å². The Morgan fingerprint density at radius 1 is 1.20 bits per heavy atom. The van der Waals surface area contributed by atoms with Gasteiger partial charge in [0.25, 0.3) is 0 Å². The van der Waals surface area contributed by atoms with Gasteiger partial charge in [0.1, 0.15) is 11.6 Å². The number of hydrazine groups is 1. The molecule has 2 aromatic carbocycles. The molecule has 0 aliphatic heterocycles. The molecule has 0 saturated carbocycles. The van der Waals surface area contributed by atoms with Gasteiger partial charge >= 0.3 is 0 Å². The molecule has 0 heterocycles. The van der Waals surface area contributed by atoms with Crippen molar-refractivity contribution < 1.29 is 9.13 Å². The summed E-state index contributed by atoms with van der Waals surface area (Å²) in [6.07, 6.45) is 0. The molecule has 0 aromatic heterocycles. The topological polar surface area (TPSA) is 47.3 Å². The average molecular weight is 295 g/mol. The van der Waals surface area contributed by atoms with Crippen LogP contribution in [0.5, 0.6) is 5.75 Å². The monoisotopic (exact) mass is 294 g/mol. The number of benzene rings is 2. The minimum Gasteiger partial charge on any atom is -0.495 e. The molecule has 0 saturated heterocycles. The van der Waals surface area contributed by atoms with E-state index in [2.05, 4.69) is 5.43 Å². The van der Waals surface area contributed by atoms with E-state index in [1.165, 1.54) is 6.07 Å². The van der Waals surface area contributed by atoms with Gasteiger partial charge in [-0.2, -0.15) is 0 Å². The molecule has 2 rings (SSSR count). The maximum absolute atomic E-state index is 13.4. The first-order chi connectivity index (χ1) is 9.56. The zero-order chi connectivity index (χ0) is 14.7. The molecular weight excluding hydrogens is 279 g/mol. The summed E-state index contributed by atoms with van der Waals surface area (Å²) in [6, 6.07) is 10.0. The van der Waals surface area contributed by atoms with Gasteiger partial charge in [0, 0.05) is 0 Å². The van der Waals surface area contributed by atoms with Gasteiger partial charge in [-0.15, -0.1) is 0 Å². The Morgan fingerprint density at radius 3 is 2.45 bits per heavy atom. The van der Waals surface area contributed by atoms with E-state index in [1.807, 2.05) is 12.1 Å². The fourth-order valence-corrected chi connectivity index (χ4v) is 2.28. The number of ether oxygens (including phenoxy) is 1. The molecule has 0 amide bonds. The minimum atomic E-state index is -0.263. The Kier molecular flexibility index (Phi) is 4.60. The number of hydrogen-bond acceptors (Lipinski definition) is 3. The second kappa shape index (κ2) is 6.22. The van der Waals surface area contributed by atoms with E-state index in [9.17, 15) is 4.39 Å². The molecule has 20 heavy (non-hydrogen) atoms. The molecular formula is C15H16ClFN2O. The molecule has 106 valence electrons. The van der Waals surface area contributed by atoms with Crippen LogP contribution in [0, 0.1) is 12.7 Å². The zero-order valence-corrected chi connectivity index (χ0v) is 12.0. The number of halogens is 2. The summed E-state index contributed by atoms with van der Waals surface area (Å²) in [5.41, 5.74) is 5.06. The van der Waals surface area contributed by atoms with E-state index >= 15 is 0 Å². The average Bonchev–Trinajstić information content (AvgIpc) is 2.45. The van der Waals surface area contributed by atoms with Crippen molar-refractivity contribution in [3.8, 4) is 5.75 Å². The summed E-state index contributed by atoms with van der Waals surface area (Å²) in [5.74, 6) is 5.97. The van der Waals surface area contributed by atoms with E-state index in [-0.39, 0.29) is 11.9 Å². The van der Waals surface area contributed by atoms with E-state index in [4.69, 9.17) is 22.2 Å². The van der Waals surface area contributed by atoms with E-state index in [1.54, 1.807) is 32.2 Å². The SMILES string of the molecule is COc1cc(C(NN)c2ccc(F)c(C)c2)ccc1Cl. The van der Waals surface area contributed by atoms with Gasteiger partial charge in [0.15, 0.2) is 0 Å². The van der Waals surface area contributed by atoms with Crippen molar-refractivity contribution >= 4 is 11.6 Å². The van der Waals surface area contributed by atoms with Gasteiger partial charge in [-0.1, -0.05) is 29.8 Å². The summed E-state index contributed by atoms with van der Waals surface area (Å²) in [4.78, 5) is 0. The lowest BCUT2D eigenvalue weighted by molar-refractivity contribution is 0.414. The van der Waals surface area contributed by atoms with Gasteiger partial charge in [0.2, 0.25) is 0 Å². The smallest absolute Gasteiger partial charge is 0.137 e. The third kappa shape index (κ3) is 2.93. The molecule has 2 aromatic rings. The van der Waals surface area contributed by atoms with Crippen molar-refractivity contribution in [3.63, 3.8) is 0 Å². The summed E-state index contributed by atoms with van der Waals surface area (Å²) < 4.78 is 18.5. The first-order valence-corrected chi connectivity index (χ1v) is 6.50. The largest absolute Gasteiger partial charge is 0.495 e. The first-order valence-electron chi connectivity index (χ1n) is 6.12. The molecule has 1 unspecified atom stereocenters.